The first kappa shape index (κ1) is 14.7. The summed E-state index contributed by atoms with van der Waals surface area (Å²) < 4.78 is 18.1. The molecule has 1 amide bonds. The number of methoxy groups -OCH3 is 1. The van der Waals surface area contributed by atoms with Gasteiger partial charge in [0, 0.05) is 17.1 Å². The Morgan fingerprint density at radius 1 is 1.55 bits per heavy atom. The first-order chi connectivity index (χ1) is 9.62. The van der Waals surface area contributed by atoms with Gasteiger partial charge in [-0.3, -0.25) is 4.79 Å². The monoisotopic (exact) mass is 314 g/mol. The fraction of sp³-hybridized carbons (Fsp3) is 0.231. The van der Waals surface area contributed by atoms with Crippen LogP contribution in [0.25, 0.3) is 0 Å². The molecule has 0 unspecified atom stereocenters. The number of nitrogens with one attached hydrogen (secondary N) is 1. The van der Waals surface area contributed by atoms with E-state index in [0.29, 0.717) is 16.6 Å². The Labute approximate surface area is 124 Å². The van der Waals surface area contributed by atoms with E-state index in [4.69, 9.17) is 16.3 Å². The highest BCUT2D eigenvalue weighted by Crippen LogP contribution is 2.21. The molecule has 7 heteroatoms. The lowest BCUT2D eigenvalue weighted by Gasteiger charge is -2.07. The number of carbonyl (C=O) groups excluding carboxylic acids is 1. The van der Waals surface area contributed by atoms with E-state index in [1.54, 1.807) is 0 Å². The van der Waals surface area contributed by atoms with Crippen molar-refractivity contribution < 1.29 is 13.9 Å². The van der Waals surface area contributed by atoms with Crippen molar-refractivity contribution in [3.8, 4) is 5.75 Å². The van der Waals surface area contributed by atoms with Gasteiger partial charge >= 0.3 is 0 Å². The smallest absolute Gasteiger partial charge is 0.231 e. The summed E-state index contributed by atoms with van der Waals surface area (Å²) in [6, 6.07) is 4.14. The highest BCUT2D eigenvalue weighted by atomic mass is 35.5. The normalized spacial score (nSPS) is 10.3. The number of aromatic nitrogens is 1. The molecule has 20 heavy (non-hydrogen) atoms. The molecule has 0 aliphatic rings. The van der Waals surface area contributed by atoms with Crippen molar-refractivity contribution in [2.75, 3.05) is 12.4 Å². The number of anilines is 1. The molecular weight excluding hydrogens is 303 g/mol. The lowest BCUT2D eigenvalue weighted by molar-refractivity contribution is -0.115. The minimum absolute atomic E-state index is 0.0847. The molecule has 2 rings (SSSR count). The molecule has 0 radical (unpaired) electrons. The third-order valence-corrected chi connectivity index (χ3v) is 3.65. The molecule has 0 atom stereocenters. The number of amides is 1. The van der Waals surface area contributed by atoms with Crippen LogP contribution in [0.1, 0.15) is 10.7 Å². The first-order valence-corrected chi connectivity index (χ1v) is 7.16. The Kier molecular flexibility index (Phi) is 4.92. The van der Waals surface area contributed by atoms with E-state index in [9.17, 15) is 9.18 Å². The molecule has 1 heterocycles. The Morgan fingerprint density at radius 3 is 3.00 bits per heavy atom. The molecule has 0 spiro atoms. The number of hydrogen-bond acceptors (Lipinski definition) is 4. The number of thiazole rings is 1. The largest absolute Gasteiger partial charge is 0.494 e. The molecule has 4 nitrogen and oxygen atoms in total. The van der Waals surface area contributed by atoms with Gasteiger partial charge in [-0.1, -0.05) is 0 Å². The Bertz CT molecular complexity index is 618. The van der Waals surface area contributed by atoms with E-state index < -0.39 is 5.82 Å². The van der Waals surface area contributed by atoms with Crippen LogP contribution in [0.4, 0.5) is 10.1 Å². The van der Waals surface area contributed by atoms with Crippen LogP contribution >= 0.6 is 22.9 Å². The van der Waals surface area contributed by atoms with Gasteiger partial charge in [0.1, 0.15) is 5.01 Å². The number of rotatable bonds is 5. The van der Waals surface area contributed by atoms with E-state index in [1.165, 1.54) is 36.6 Å². The number of ether oxygens (including phenoxy) is 1. The molecule has 106 valence electrons. The molecule has 0 aliphatic heterocycles. The second-order valence-electron chi connectivity index (χ2n) is 3.94. The van der Waals surface area contributed by atoms with Crippen LogP contribution in [0.2, 0.25) is 0 Å². The fourth-order valence-electron chi connectivity index (χ4n) is 1.57. The summed E-state index contributed by atoms with van der Waals surface area (Å²) in [4.78, 5) is 16.1. The van der Waals surface area contributed by atoms with E-state index in [-0.39, 0.29) is 18.1 Å². The van der Waals surface area contributed by atoms with Crippen LogP contribution in [-0.2, 0) is 17.1 Å². The third-order valence-electron chi connectivity index (χ3n) is 2.48. The van der Waals surface area contributed by atoms with Gasteiger partial charge < -0.3 is 10.1 Å². The van der Waals surface area contributed by atoms with Crippen LogP contribution in [0.15, 0.2) is 23.6 Å². The maximum Gasteiger partial charge on any atom is 0.231 e. The van der Waals surface area contributed by atoms with Crippen molar-refractivity contribution in [2.24, 2.45) is 0 Å². The molecule has 2 aromatic rings. The molecule has 0 fully saturated rings. The molecule has 0 aliphatic carbocycles. The van der Waals surface area contributed by atoms with Crippen molar-refractivity contribution in [1.82, 2.24) is 4.98 Å². The SMILES string of the molecule is COc1cc(NC(=O)Cc2nc(CCl)cs2)ccc1F. The van der Waals surface area contributed by atoms with Crippen LogP contribution < -0.4 is 10.1 Å². The second kappa shape index (κ2) is 6.67. The lowest BCUT2D eigenvalue weighted by Crippen LogP contribution is -2.14. The third kappa shape index (κ3) is 3.68. The van der Waals surface area contributed by atoms with Gasteiger partial charge in [0.05, 0.1) is 25.1 Å². The maximum absolute atomic E-state index is 13.2. The topological polar surface area (TPSA) is 51.2 Å². The molecule has 0 saturated heterocycles. The summed E-state index contributed by atoms with van der Waals surface area (Å²) in [7, 11) is 1.37. The van der Waals surface area contributed by atoms with Crippen molar-refractivity contribution in [2.45, 2.75) is 12.3 Å². The summed E-state index contributed by atoms with van der Waals surface area (Å²) >= 11 is 7.03. The highest BCUT2D eigenvalue weighted by molar-refractivity contribution is 7.09. The van der Waals surface area contributed by atoms with Crippen molar-refractivity contribution in [3.63, 3.8) is 0 Å². The Hall–Kier alpha value is -1.66. The average molecular weight is 315 g/mol. The zero-order chi connectivity index (χ0) is 14.5. The predicted molar refractivity (Wildman–Crippen MR) is 77.0 cm³/mol. The summed E-state index contributed by atoms with van der Waals surface area (Å²) in [5.41, 5.74) is 1.23. The number of alkyl halides is 1. The fourth-order valence-corrected chi connectivity index (χ4v) is 2.59. The van der Waals surface area contributed by atoms with E-state index in [1.807, 2.05) is 5.38 Å². The minimum Gasteiger partial charge on any atom is -0.494 e. The molecule has 1 aromatic heterocycles. The van der Waals surface area contributed by atoms with Crippen LogP contribution in [0.5, 0.6) is 5.75 Å². The van der Waals surface area contributed by atoms with Gasteiger partial charge in [-0.05, 0) is 12.1 Å². The summed E-state index contributed by atoms with van der Waals surface area (Å²) in [6.45, 7) is 0. The summed E-state index contributed by atoms with van der Waals surface area (Å²) in [5.74, 6) is -0.291. The highest BCUT2D eigenvalue weighted by Gasteiger charge is 2.10. The predicted octanol–water partition coefficient (Wildman–Crippen LogP) is 3.21. The first-order valence-electron chi connectivity index (χ1n) is 5.75. The Balaban J connectivity index is 2.00. The molecular formula is C13H12ClFN2O2S. The average Bonchev–Trinajstić information content (AvgIpc) is 2.88. The second-order valence-corrected chi connectivity index (χ2v) is 5.15. The molecule has 1 aromatic carbocycles. The van der Waals surface area contributed by atoms with Crippen LogP contribution in [0.3, 0.4) is 0 Å². The van der Waals surface area contributed by atoms with Gasteiger partial charge in [0.2, 0.25) is 5.91 Å². The van der Waals surface area contributed by atoms with Gasteiger partial charge in [-0.15, -0.1) is 22.9 Å². The van der Waals surface area contributed by atoms with Gasteiger partial charge in [0.15, 0.2) is 11.6 Å². The molecule has 0 bridgehead atoms. The zero-order valence-corrected chi connectivity index (χ0v) is 12.2. The van der Waals surface area contributed by atoms with E-state index in [0.717, 1.165) is 5.69 Å². The van der Waals surface area contributed by atoms with E-state index >= 15 is 0 Å². The van der Waals surface area contributed by atoms with E-state index in [2.05, 4.69) is 10.3 Å². The standard InChI is InChI=1S/C13H12ClFN2O2S/c1-19-11-4-8(2-3-10(11)15)16-12(18)5-13-17-9(6-14)7-20-13/h2-4,7H,5-6H2,1H3,(H,16,18). The van der Waals surface area contributed by atoms with Crippen molar-refractivity contribution in [1.29, 1.82) is 0 Å². The number of hydrogen-bond donors (Lipinski definition) is 1. The number of nitrogens with zero attached hydrogens (tertiary/aromatic N) is 1. The number of carbonyl (C=O) groups is 1. The van der Waals surface area contributed by atoms with Crippen molar-refractivity contribution in [3.05, 3.63) is 40.1 Å². The number of benzene rings is 1. The summed E-state index contributed by atoms with van der Waals surface area (Å²) in [6.07, 6.45) is 0.154. The minimum atomic E-state index is -0.475. The quantitative estimate of drug-likeness (QED) is 0.862. The van der Waals surface area contributed by atoms with Crippen LogP contribution in [-0.4, -0.2) is 18.0 Å². The van der Waals surface area contributed by atoms with Gasteiger partial charge in [0.25, 0.3) is 0 Å². The van der Waals surface area contributed by atoms with Gasteiger partial charge in [-0.25, -0.2) is 9.37 Å². The number of halogens is 2. The Morgan fingerprint density at radius 2 is 2.35 bits per heavy atom. The van der Waals surface area contributed by atoms with Crippen LogP contribution in [0, 0.1) is 5.82 Å². The zero-order valence-electron chi connectivity index (χ0n) is 10.7. The molecule has 1 N–H and O–H groups in total. The lowest BCUT2D eigenvalue weighted by atomic mass is 10.2. The van der Waals surface area contributed by atoms with Crippen molar-refractivity contribution >= 4 is 34.5 Å². The van der Waals surface area contributed by atoms with Gasteiger partial charge in [-0.2, -0.15) is 0 Å². The molecule has 0 saturated carbocycles. The maximum atomic E-state index is 13.2. The summed E-state index contributed by atoms with van der Waals surface area (Å²) in [5, 5.41) is 5.17.